The second-order valence-electron chi connectivity index (χ2n) is 4.01. The molecule has 1 aromatic rings. The fourth-order valence-corrected chi connectivity index (χ4v) is 4.71. The van der Waals surface area contributed by atoms with Crippen LogP contribution in [0.25, 0.3) is 0 Å². The van der Waals surface area contributed by atoms with Crippen molar-refractivity contribution >= 4 is 37.1 Å². The fourth-order valence-electron chi connectivity index (χ4n) is 1.79. The van der Waals surface area contributed by atoms with Gasteiger partial charge in [-0.2, -0.15) is 0 Å². The monoisotopic (exact) mass is 323 g/mol. The van der Waals surface area contributed by atoms with E-state index in [1.54, 1.807) is 11.3 Å². The van der Waals surface area contributed by atoms with E-state index in [4.69, 9.17) is 0 Å². The molecule has 0 aromatic carbocycles. The third-order valence-corrected chi connectivity index (χ3v) is 6.09. The van der Waals surface area contributed by atoms with Gasteiger partial charge in [0.2, 0.25) is 0 Å². The van der Waals surface area contributed by atoms with Gasteiger partial charge in [0.1, 0.15) is 9.84 Å². The Morgan fingerprint density at radius 1 is 1.38 bits per heavy atom. The first-order chi connectivity index (χ1) is 7.55. The molecule has 0 atom stereocenters. The van der Waals surface area contributed by atoms with Crippen LogP contribution in [0.4, 0.5) is 0 Å². The lowest BCUT2D eigenvalue weighted by molar-refractivity contribution is 0.465. The number of hydrogen-bond donors (Lipinski definition) is 1. The van der Waals surface area contributed by atoms with Crippen LogP contribution >= 0.6 is 27.3 Å². The molecule has 90 valence electrons. The maximum atomic E-state index is 11.2. The van der Waals surface area contributed by atoms with E-state index in [0.717, 1.165) is 23.2 Å². The number of sulfone groups is 1. The zero-order valence-electron chi connectivity index (χ0n) is 8.78. The minimum absolute atomic E-state index is 0.332. The maximum absolute atomic E-state index is 11.2. The van der Waals surface area contributed by atoms with Crippen LogP contribution in [-0.2, 0) is 16.4 Å². The van der Waals surface area contributed by atoms with Gasteiger partial charge in [0.05, 0.1) is 15.3 Å². The number of halogens is 1. The lowest BCUT2D eigenvalue weighted by Crippen LogP contribution is -2.36. The molecule has 0 spiro atoms. The molecule has 0 radical (unpaired) electrons. The highest BCUT2D eigenvalue weighted by molar-refractivity contribution is 9.11. The Morgan fingerprint density at radius 2 is 2.06 bits per heavy atom. The van der Waals surface area contributed by atoms with Gasteiger partial charge in [0.25, 0.3) is 0 Å². The zero-order chi connectivity index (χ0) is 11.6. The number of nitrogens with one attached hydrogen (secondary N) is 1. The van der Waals surface area contributed by atoms with Gasteiger partial charge in [-0.05, 0) is 40.9 Å². The standard InChI is InChI=1S/C10H14BrNO2S2/c11-10-2-1-9(15-10)7-12-8-3-5-16(13,14)6-4-8/h1-2,8,12H,3-7H2. The second-order valence-corrected chi connectivity index (χ2v) is 8.86. The molecule has 0 aliphatic carbocycles. The summed E-state index contributed by atoms with van der Waals surface area (Å²) in [5.41, 5.74) is 0. The summed E-state index contributed by atoms with van der Waals surface area (Å²) in [7, 11) is -2.74. The van der Waals surface area contributed by atoms with Crippen molar-refractivity contribution in [2.75, 3.05) is 11.5 Å². The Hall–Kier alpha value is 0.0900. The van der Waals surface area contributed by atoms with Crippen molar-refractivity contribution in [2.45, 2.75) is 25.4 Å². The largest absolute Gasteiger partial charge is 0.309 e. The Balaban J connectivity index is 1.80. The second kappa shape index (κ2) is 5.16. The van der Waals surface area contributed by atoms with E-state index in [9.17, 15) is 8.42 Å². The summed E-state index contributed by atoms with van der Waals surface area (Å²) in [5, 5.41) is 3.41. The number of rotatable bonds is 3. The first-order valence-corrected chi connectivity index (χ1v) is 8.66. The van der Waals surface area contributed by atoms with E-state index in [1.807, 2.05) is 6.07 Å². The van der Waals surface area contributed by atoms with Gasteiger partial charge < -0.3 is 5.32 Å². The van der Waals surface area contributed by atoms with Gasteiger partial charge in [-0.3, -0.25) is 0 Å². The van der Waals surface area contributed by atoms with Crippen LogP contribution < -0.4 is 5.32 Å². The van der Waals surface area contributed by atoms with Crippen molar-refractivity contribution in [3.05, 3.63) is 20.8 Å². The highest BCUT2D eigenvalue weighted by atomic mass is 79.9. The summed E-state index contributed by atoms with van der Waals surface area (Å²) in [6.07, 6.45) is 1.49. The van der Waals surface area contributed by atoms with Gasteiger partial charge >= 0.3 is 0 Å². The maximum Gasteiger partial charge on any atom is 0.150 e. The quantitative estimate of drug-likeness (QED) is 0.927. The van der Waals surface area contributed by atoms with E-state index in [-0.39, 0.29) is 0 Å². The molecule has 0 bridgehead atoms. The smallest absolute Gasteiger partial charge is 0.150 e. The van der Waals surface area contributed by atoms with Crippen LogP contribution in [-0.4, -0.2) is 26.0 Å². The highest BCUT2D eigenvalue weighted by Gasteiger charge is 2.22. The molecule has 1 aliphatic rings. The van der Waals surface area contributed by atoms with Crippen LogP contribution in [0.15, 0.2) is 15.9 Å². The minimum atomic E-state index is -2.74. The zero-order valence-corrected chi connectivity index (χ0v) is 12.0. The molecule has 0 amide bonds. The van der Waals surface area contributed by atoms with E-state index in [0.29, 0.717) is 17.5 Å². The van der Waals surface area contributed by atoms with Gasteiger partial charge in [-0.15, -0.1) is 11.3 Å². The summed E-state index contributed by atoms with van der Waals surface area (Å²) in [6.45, 7) is 0.834. The van der Waals surface area contributed by atoms with E-state index >= 15 is 0 Å². The van der Waals surface area contributed by atoms with Gasteiger partial charge in [0.15, 0.2) is 0 Å². The first-order valence-electron chi connectivity index (χ1n) is 5.23. The van der Waals surface area contributed by atoms with Crippen molar-refractivity contribution < 1.29 is 8.42 Å². The summed E-state index contributed by atoms with van der Waals surface area (Å²) in [6, 6.07) is 4.47. The molecule has 1 aliphatic heterocycles. The molecule has 2 rings (SSSR count). The average Bonchev–Trinajstić information content (AvgIpc) is 2.63. The Labute approximate surface area is 108 Å². The van der Waals surface area contributed by atoms with E-state index in [1.165, 1.54) is 4.88 Å². The van der Waals surface area contributed by atoms with Crippen LogP contribution in [0.3, 0.4) is 0 Å². The molecular weight excluding hydrogens is 310 g/mol. The molecule has 2 heterocycles. The van der Waals surface area contributed by atoms with Crippen molar-refractivity contribution in [1.82, 2.24) is 5.32 Å². The van der Waals surface area contributed by atoms with Crippen LogP contribution in [0.1, 0.15) is 17.7 Å². The summed E-state index contributed by atoms with van der Waals surface area (Å²) in [5.74, 6) is 0.664. The summed E-state index contributed by atoms with van der Waals surface area (Å²) < 4.78 is 23.6. The Morgan fingerprint density at radius 3 is 2.62 bits per heavy atom. The van der Waals surface area contributed by atoms with Crippen molar-refractivity contribution in [3.8, 4) is 0 Å². The molecule has 1 N–H and O–H groups in total. The van der Waals surface area contributed by atoms with Crippen molar-refractivity contribution in [1.29, 1.82) is 0 Å². The number of hydrogen-bond acceptors (Lipinski definition) is 4. The van der Waals surface area contributed by atoms with E-state index < -0.39 is 9.84 Å². The van der Waals surface area contributed by atoms with E-state index in [2.05, 4.69) is 27.3 Å². The third-order valence-electron chi connectivity index (χ3n) is 2.75. The number of thiophene rings is 1. The molecular formula is C10H14BrNO2S2. The summed E-state index contributed by atoms with van der Waals surface area (Å²) in [4.78, 5) is 1.28. The van der Waals surface area contributed by atoms with Crippen LogP contribution in [0.5, 0.6) is 0 Å². The normalized spacial score (nSPS) is 21.1. The predicted molar refractivity (Wildman–Crippen MR) is 70.5 cm³/mol. The molecule has 0 saturated carbocycles. The molecule has 1 aromatic heterocycles. The Kier molecular flexibility index (Phi) is 4.05. The topological polar surface area (TPSA) is 46.2 Å². The first kappa shape index (κ1) is 12.5. The average molecular weight is 324 g/mol. The van der Waals surface area contributed by atoms with Crippen LogP contribution in [0, 0.1) is 0 Å². The summed E-state index contributed by atoms with van der Waals surface area (Å²) >= 11 is 5.14. The van der Waals surface area contributed by atoms with Gasteiger partial charge in [-0.25, -0.2) is 8.42 Å². The molecule has 6 heteroatoms. The SMILES string of the molecule is O=S1(=O)CCC(NCc2ccc(Br)s2)CC1. The molecule has 3 nitrogen and oxygen atoms in total. The van der Waals surface area contributed by atoms with Gasteiger partial charge in [-0.1, -0.05) is 0 Å². The lowest BCUT2D eigenvalue weighted by Gasteiger charge is -2.22. The molecule has 1 saturated heterocycles. The van der Waals surface area contributed by atoms with Crippen LogP contribution in [0.2, 0.25) is 0 Å². The molecule has 0 unspecified atom stereocenters. The highest BCUT2D eigenvalue weighted by Crippen LogP contribution is 2.22. The minimum Gasteiger partial charge on any atom is -0.309 e. The van der Waals surface area contributed by atoms with Crippen molar-refractivity contribution in [2.24, 2.45) is 0 Å². The molecule has 16 heavy (non-hydrogen) atoms. The lowest BCUT2D eigenvalue weighted by atomic mass is 10.1. The third kappa shape index (κ3) is 3.55. The van der Waals surface area contributed by atoms with Gasteiger partial charge in [0, 0.05) is 17.5 Å². The van der Waals surface area contributed by atoms with Crippen molar-refractivity contribution in [3.63, 3.8) is 0 Å². The fraction of sp³-hybridized carbons (Fsp3) is 0.600. The molecule has 1 fully saturated rings. The predicted octanol–water partition coefficient (Wildman–Crippen LogP) is 2.18. The Bertz CT molecular complexity index is 441.